The number of oxime groups is 1. The summed E-state index contributed by atoms with van der Waals surface area (Å²) < 4.78 is -0.278. The number of amidine groups is 1. The molecule has 1 saturated heterocycles. The molecule has 1 atom stereocenters. The molecule has 0 aromatic heterocycles. The minimum Gasteiger partial charge on any atom is -0.409 e. The van der Waals surface area contributed by atoms with Gasteiger partial charge in [-0.05, 0) is 25.5 Å². The Labute approximate surface area is 100 Å². The first-order valence-corrected chi connectivity index (χ1v) is 6.34. The first-order valence-electron chi connectivity index (χ1n) is 5.35. The molecule has 0 radical (unpaired) electrons. The standard InChI is InChI=1S/C10H19N3O2S/c1-10(5-3-7-16-10)9(14)13(2)6-4-8(11)12-15/h15H,3-7H2,1-2H3,(H2,11,12). The van der Waals surface area contributed by atoms with Crippen LogP contribution in [0, 0.1) is 0 Å². The molecular formula is C10H19N3O2S. The minimum atomic E-state index is -0.278. The third-order valence-electron chi connectivity index (χ3n) is 2.85. The highest BCUT2D eigenvalue weighted by molar-refractivity contribution is 8.01. The molecule has 1 heterocycles. The molecule has 16 heavy (non-hydrogen) atoms. The molecule has 0 aromatic carbocycles. The van der Waals surface area contributed by atoms with Crippen molar-refractivity contribution < 1.29 is 10.0 Å². The monoisotopic (exact) mass is 245 g/mol. The highest BCUT2D eigenvalue weighted by Gasteiger charge is 2.38. The summed E-state index contributed by atoms with van der Waals surface area (Å²) >= 11 is 1.72. The summed E-state index contributed by atoms with van der Waals surface area (Å²) in [7, 11) is 1.76. The summed E-state index contributed by atoms with van der Waals surface area (Å²) in [6, 6.07) is 0. The van der Waals surface area contributed by atoms with Crippen molar-refractivity contribution in [3.8, 4) is 0 Å². The second kappa shape index (κ2) is 5.43. The number of carbonyl (C=O) groups excluding carboxylic acids is 1. The molecule has 1 unspecified atom stereocenters. The summed E-state index contributed by atoms with van der Waals surface area (Å²) in [6.45, 7) is 2.48. The van der Waals surface area contributed by atoms with Crippen LogP contribution in [0.25, 0.3) is 0 Å². The largest absolute Gasteiger partial charge is 0.409 e. The molecule has 0 aromatic rings. The van der Waals surface area contributed by atoms with E-state index in [1.165, 1.54) is 0 Å². The SMILES string of the molecule is CN(CCC(N)=NO)C(=O)C1(C)CCCS1. The minimum absolute atomic E-state index is 0.140. The van der Waals surface area contributed by atoms with E-state index in [0.29, 0.717) is 13.0 Å². The lowest BCUT2D eigenvalue weighted by Gasteiger charge is -2.28. The second-order valence-electron chi connectivity index (χ2n) is 4.25. The summed E-state index contributed by atoms with van der Waals surface area (Å²) in [6.07, 6.45) is 2.44. The van der Waals surface area contributed by atoms with Crippen LogP contribution in [0.4, 0.5) is 0 Å². The summed E-state index contributed by atoms with van der Waals surface area (Å²) in [5, 5.41) is 11.3. The number of carbonyl (C=O) groups is 1. The second-order valence-corrected chi connectivity index (χ2v) is 5.85. The Morgan fingerprint density at radius 2 is 2.38 bits per heavy atom. The molecule has 0 bridgehead atoms. The molecule has 0 aliphatic carbocycles. The third-order valence-corrected chi connectivity index (χ3v) is 4.36. The molecule has 1 rings (SSSR count). The van der Waals surface area contributed by atoms with Crippen molar-refractivity contribution in [2.45, 2.75) is 30.9 Å². The Bertz CT molecular complexity index is 288. The summed E-state index contributed by atoms with van der Waals surface area (Å²) in [5.41, 5.74) is 5.36. The Morgan fingerprint density at radius 3 is 2.88 bits per heavy atom. The van der Waals surface area contributed by atoms with Gasteiger partial charge < -0.3 is 15.8 Å². The van der Waals surface area contributed by atoms with Crippen LogP contribution in [0.3, 0.4) is 0 Å². The van der Waals surface area contributed by atoms with Crippen LogP contribution in [-0.4, -0.2) is 45.9 Å². The van der Waals surface area contributed by atoms with Gasteiger partial charge in [-0.1, -0.05) is 5.16 Å². The van der Waals surface area contributed by atoms with Gasteiger partial charge in [0, 0.05) is 20.0 Å². The number of thioether (sulfide) groups is 1. The first-order chi connectivity index (χ1) is 7.49. The normalized spacial score (nSPS) is 25.8. The van der Waals surface area contributed by atoms with Crippen molar-refractivity contribution in [2.75, 3.05) is 19.3 Å². The smallest absolute Gasteiger partial charge is 0.238 e. The summed E-state index contributed by atoms with van der Waals surface area (Å²) in [4.78, 5) is 13.8. The topological polar surface area (TPSA) is 78.9 Å². The fourth-order valence-corrected chi connectivity index (χ4v) is 3.09. The van der Waals surface area contributed by atoms with E-state index >= 15 is 0 Å². The van der Waals surface area contributed by atoms with Gasteiger partial charge >= 0.3 is 0 Å². The predicted octanol–water partition coefficient (Wildman–Crippen LogP) is 0.867. The van der Waals surface area contributed by atoms with Crippen LogP contribution >= 0.6 is 11.8 Å². The molecule has 1 aliphatic heterocycles. The van der Waals surface area contributed by atoms with Gasteiger partial charge in [-0.2, -0.15) is 0 Å². The van der Waals surface area contributed by atoms with E-state index in [0.717, 1.165) is 18.6 Å². The molecule has 5 nitrogen and oxygen atoms in total. The van der Waals surface area contributed by atoms with Gasteiger partial charge in [0.15, 0.2) is 0 Å². The highest BCUT2D eigenvalue weighted by atomic mass is 32.2. The molecule has 1 aliphatic rings. The average Bonchev–Trinajstić information content (AvgIpc) is 2.72. The average molecular weight is 245 g/mol. The van der Waals surface area contributed by atoms with Crippen LogP contribution < -0.4 is 5.73 Å². The third kappa shape index (κ3) is 3.04. The quantitative estimate of drug-likeness (QED) is 0.333. The lowest BCUT2D eigenvalue weighted by molar-refractivity contribution is -0.132. The molecule has 92 valence electrons. The zero-order valence-electron chi connectivity index (χ0n) is 9.77. The number of rotatable bonds is 4. The number of hydrogen-bond donors (Lipinski definition) is 2. The van der Waals surface area contributed by atoms with Gasteiger partial charge in [-0.25, -0.2) is 0 Å². The van der Waals surface area contributed by atoms with Gasteiger partial charge in [-0.15, -0.1) is 11.8 Å². The van der Waals surface area contributed by atoms with E-state index in [9.17, 15) is 4.79 Å². The van der Waals surface area contributed by atoms with Crippen LogP contribution in [0.1, 0.15) is 26.2 Å². The Kier molecular flexibility index (Phi) is 4.46. The molecule has 0 spiro atoms. The Hall–Kier alpha value is -0.910. The van der Waals surface area contributed by atoms with Gasteiger partial charge in [0.05, 0.1) is 4.75 Å². The van der Waals surface area contributed by atoms with Gasteiger partial charge in [0.1, 0.15) is 5.84 Å². The van der Waals surface area contributed by atoms with E-state index in [1.807, 2.05) is 6.92 Å². The van der Waals surface area contributed by atoms with E-state index < -0.39 is 0 Å². The molecule has 1 amide bonds. The lowest BCUT2D eigenvalue weighted by atomic mass is 10.0. The Morgan fingerprint density at radius 1 is 1.69 bits per heavy atom. The van der Waals surface area contributed by atoms with Crippen molar-refractivity contribution in [1.29, 1.82) is 0 Å². The van der Waals surface area contributed by atoms with E-state index in [4.69, 9.17) is 10.9 Å². The van der Waals surface area contributed by atoms with E-state index in [1.54, 1.807) is 23.7 Å². The summed E-state index contributed by atoms with van der Waals surface area (Å²) in [5.74, 6) is 1.35. The zero-order valence-corrected chi connectivity index (χ0v) is 10.6. The van der Waals surface area contributed by atoms with Crippen LogP contribution in [0.5, 0.6) is 0 Å². The molecule has 1 fully saturated rings. The molecule has 6 heteroatoms. The molecule has 0 saturated carbocycles. The van der Waals surface area contributed by atoms with Gasteiger partial charge in [0.2, 0.25) is 5.91 Å². The van der Waals surface area contributed by atoms with Gasteiger partial charge in [-0.3, -0.25) is 4.79 Å². The highest BCUT2D eigenvalue weighted by Crippen LogP contribution is 2.38. The molecule has 3 N–H and O–H groups in total. The van der Waals surface area contributed by atoms with Crippen molar-refractivity contribution in [2.24, 2.45) is 10.9 Å². The maximum atomic E-state index is 12.1. The predicted molar refractivity (Wildman–Crippen MR) is 65.8 cm³/mol. The fraction of sp³-hybridized carbons (Fsp3) is 0.800. The van der Waals surface area contributed by atoms with Crippen LogP contribution in [0.15, 0.2) is 5.16 Å². The van der Waals surface area contributed by atoms with Gasteiger partial charge in [0.25, 0.3) is 0 Å². The van der Waals surface area contributed by atoms with Crippen molar-refractivity contribution in [3.63, 3.8) is 0 Å². The number of amides is 1. The lowest BCUT2D eigenvalue weighted by Crippen LogP contribution is -2.42. The first kappa shape index (κ1) is 13.2. The van der Waals surface area contributed by atoms with Crippen molar-refractivity contribution in [1.82, 2.24) is 4.90 Å². The zero-order chi connectivity index (χ0) is 12.2. The van der Waals surface area contributed by atoms with E-state index in [2.05, 4.69) is 5.16 Å². The van der Waals surface area contributed by atoms with E-state index in [-0.39, 0.29) is 16.5 Å². The van der Waals surface area contributed by atoms with Crippen molar-refractivity contribution in [3.05, 3.63) is 0 Å². The maximum Gasteiger partial charge on any atom is 0.238 e. The fourth-order valence-electron chi connectivity index (χ4n) is 1.79. The van der Waals surface area contributed by atoms with Crippen molar-refractivity contribution >= 4 is 23.5 Å². The Balaban J connectivity index is 2.47. The van der Waals surface area contributed by atoms with Crippen LogP contribution in [0.2, 0.25) is 0 Å². The number of hydrogen-bond acceptors (Lipinski definition) is 4. The molecular weight excluding hydrogens is 226 g/mol. The maximum absolute atomic E-state index is 12.1. The number of nitrogens with zero attached hydrogens (tertiary/aromatic N) is 2. The number of nitrogens with two attached hydrogens (primary N) is 1. The van der Waals surface area contributed by atoms with Crippen LogP contribution in [-0.2, 0) is 4.79 Å².